The topological polar surface area (TPSA) is 21.3 Å². The molecule has 88 valence electrons. The highest BCUT2D eigenvalue weighted by Gasteiger charge is 2.05. The first kappa shape index (κ1) is 13.1. The van der Waals surface area contributed by atoms with E-state index in [2.05, 4.69) is 18.3 Å². The van der Waals surface area contributed by atoms with Crippen molar-refractivity contribution in [2.45, 2.75) is 19.9 Å². The van der Waals surface area contributed by atoms with Gasteiger partial charge < -0.3 is 10.1 Å². The Labute approximate surface area is 102 Å². The van der Waals surface area contributed by atoms with Crippen molar-refractivity contribution in [1.29, 1.82) is 0 Å². The lowest BCUT2D eigenvalue weighted by atomic mass is 10.1. The Hall–Kier alpha value is -0.990. The van der Waals surface area contributed by atoms with Crippen LogP contribution in [0.4, 0.5) is 0 Å². The van der Waals surface area contributed by atoms with Crippen LogP contribution >= 0.6 is 11.6 Å². The fraction of sp³-hybridized carbons (Fsp3) is 0.385. The highest BCUT2D eigenvalue weighted by molar-refractivity contribution is 6.25. The van der Waals surface area contributed by atoms with E-state index in [9.17, 15) is 0 Å². The summed E-state index contributed by atoms with van der Waals surface area (Å²) in [6.45, 7) is 4.91. The average Bonchev–Trinajstić information content (AvgIpc) is 2.35. The first-order valence-electron chi connectivity index (χ1n) is 5.30. The molecule has 0 aromatic heterocycles. The monoisotopic (exact) mass is 239 g/mol. The van der Waals surface area contributed by atoms with Crippen LogP contribution in [0.15, 0.2) is 35.4 Å². The van der Waals surface area contributed by atoms with Crippen LogP contribution < -0.4 is 10.1 Å². The molecule has 0 aliphatic carbocycles. The largest absolute Gasteiger partial charge is 0.497 e. The van der Waals surface area contributed by atoms with Crippen molar-refractivity contribution in [2.24, 2.45) is 0 Å². The molecule has 0 bridgehead atoms. The Bertz CT molecular complexity index is 363. The second kappa shape index (κ2) is 6.56. The first-order chi connectivity index (χ1) is 7.67. The van der Waals surface area contributed by atoms with Crippen LogP contribution in [-0.2, 0) is 0 Å². The zero-order valence-corrected chi connectivity index (χ0v) is 10.7. The number of benzene rings is 1. The van der Waals surface area contributed by atoms with E-state index in [4.69, 9.17) is 16.3 Å². The van der Waals surface area contributed by atoms with Crippen molar-refractivity contribution in [1.82, 2.24) is 5.32 Å². The van der Waals surface area contributed by atoms with Gasteiger partial charge in [0.1, 0.15) is 5.75 Å². The van der Waals surface area contributed by atoms with Gasteiger partial charge in [-0.1, -0.05) is 23.7 Å². The molecule has 1 aromatic carbocycles. The van der Waals surface area contributed by atoms with Crippen molar-refractivity contribution in [2.75, 3.05) is 13.7 Å². The summed E-state index contributed by atoms with van der Waals surface area (Å²) in [5.74, 6) is 0.885. The van der Waals surface area contributed by atoms with Gasteiger partial charge in [-0.15, -0.1) is 0 Å². The molecule has 0 aliphatic heterocycles. The molecular formula is C13H18ClNO. The van der Waals surface area contributed by atoms with E-state index >= 15 is 0 Å². The SMILES string of the molecule is COc1cccc([C@H](C)NC/C(C)=C/Cl)c1. The van der Waals surface area contributed by atoms with Crippen molar-refractivity contribution < 1.29 is 4.74 Å². The summed E-state index contributed by atoms with van der Waals surface area (Å²) < 4.78 is 5.19. The van der Waals surface area contributed by atoms with Crippen LogP contribution in [0.2, 0.25) is 0 Å². The molecule has 1 aromatic rings. The Kier molecular flexibility index (Phi) is 5.36. The molecule has 0 saturated carbocycles. The van der Waals surface area contributed by atoms with Crippen molar-refractivity contribution in [3.63, 3.8) is 0 Å². The Morgan fingerprint density at radius 2 is 2.31 bits per heavy atom. The number of nitrogens with one attached hydrogen (secondary N) is 1. The molecule has 0 spiro atoms. The standard InChI is InChI=1S/C13H18ClNO/c1-10(8-14)9-15-11(2)12-5-4-6-13(7-12)16-3/h4-8,11,15H,9H2,1-3H3/b10-8+/t11-/m0/s1. The summed E-state index contributed by atoms with van der Waals surface area (Å²) >= 11 is 5.61. The highest BCUT2D eigenvalue weighted by atomic mass is 35.5. The maximum atomic E-state index is 5.61. The van der Waals surface area contributed by atoms with Crippen LogP contribution in [-0.4, -0.2) is 13.7 Å². The molecule has 0 aliphatic rings. The van der Waals surface area contributed by atoms with Crippen LogP contribution in [0.5, 0.6) is 5.75 Å². The van der Waals surface area contributed by atoms with Crippen molar-refractivity contribution in [3.8, 4) is 5.75 Å². The summed E-state index contributed by atoms with van der Waals surface area (Å²) in [6, 6.07) is 8.34. The van der Waals surface area contributed by atoms with E-state index in [0.717, 1.165) is 17.9 Å². The van der Waals surface area contributed by atoms with Gasteiger partial charge in [-0.3, -0.25) is 0 Å². The van der Waals surface area contributed by atoms with E-state index < -0.39 is 0 Å². The van der Waals surface area contributed by atoms with Gasteiger partial charge in [0, 0.05) is 18.1 Å². The molecule has 1 N–H and O–H groups in total. The Morgan fingerprint density at radius 3 is 2.94 bits per heavy atom. The van der Waals surface area contributed by atoms with Gasteiger partial charge in [-0.05, 0) is 37.1 Å². The minimum atomic E-state index is 0.279. The molecule has 0 unspecified atom stereocenters. The van der Waals surface area contributed by atoms with E-state index in [-0.39, 0.29) is 6.04 Å². The van der Waals surface area contributed by atoms with Gasteiger partial charge in [0.05, 0.1) is 7.11 Å². The quantitative estimate of drug-likeness (QED) is 0.850. The summed E-state index contributed by atoms with van der Waals surface area (Å²) in [6.07, 6.45) is 0. The number of hydrogen-bond acceptors (Lipinski definition) is 2. The van der Waals surface area contributed by atoms with Crippen LogP contribution in [0.1, 0.15) is 25.5 Å². The Balaban J connectivity index is 2.61. The van der Waals surface area contributed by atoms with E-state index in [1.165, 1.54) is 5.56 Å². The zero-order chi connectivity index (χ0) is 12.0. The van der Waals surface area contributed by atoms with Crippen LogP contribution in [0.3, 0.4) is 0 Å². The van der Waals surface area contributed by atoms with Crippen molar-refractivity contribution >= 4 is 11.6 Å². The van der Waals surface area contributed by atoms with Gasteiger partial charge >= 0.3 is 0 Å². The summed E-state index contributed by atoms with van der Waals surface area (Å²) in [7, 11) is 1.68. The smallest absolute Gasteiger partial charge is 0.119 e. The summed E-state index contributed by atoms with van der Waals surface area (Å²) in [5.41, 5.74) is 3.93. The number of hydrogen-bond donors (Lipinski definition) is 1. The molecule has 0 saturated heterocycles. The van der Waals surface area contributed by atoms with Crippen LogP contribution in [0.25, 0.3) is 0 Å². The molecule has 1 rings (SSSR count). The van der Waals surface area contributed by atoms with E-state index in [1.54, 1.807) is 12.6 Å². The first-order valence-corrected chi connectivity index (χ1v) is 5.74. The molecule has 1 atom stereocenters. The second-order valence-electron chi connectivity index (χ2n) is 3.83. The minimum Gasteiger partial charge on any atom is -0.497 e. The lowest BCUT2D eigenvalue weighted by Crippen LogP contribution is -2.20. The molecule has 16 heavy (non-hydrogen) atoms. The third-order valence-electron chi connectivity index (χ3n) is 2.47. The molecule has 2 nitrogen and oxygen atoms in total. The second-order valence-corrected chi connectivity index (χ2v) is 4.05. The summed E-state index contributed by atoms with van der Waals surface area (Å²) in [4.78, 5) is 0. The van der Waals surface area contributed by atoms with E-state index in [0.29, 0.717) is 0 Å². The molecule has 0 heterocycles. The Morgan fingerprint density at radius 1 is 1.56 bits per heavy atom. The number of methoxy groups -OCH3 is 1. The zero-order valence-electron chi connectivity index (χ0n) is 9.96. The van der Waals surface area contributed by atoms with Gasteiger partial charge in [-0.25, -0.2) is 0 Å². The average molecular weight is 240 g/mol. The van der Waals surface area contributed by atoms with Gasteiger partial charge in [-0.2, -0.15) is 0 Å². The molecular weight excluding hydrogens is 222 g/mol. The normalized spacial score (nSPS) is 13.6. The maximum absolute atomic E-state index is 5.61. The highest BCUT2D eigenvalue weighted by Crippen LogP contribution is 2.18. The predicted molar refractivity (Wildman–Crippen MR) is 69.0 cm³/mol. The fourth-order valence-corrected chi connectivity index (χ4v) is 1.46. The predicted octanol–water partition coefficient (Wildman–Crippen LogP) is 3.49. The lowest BCUT2D eigenvalue weighted by molar-refractivity contribution is 0.413. The fourth-order valence-electron chi connectivity index (χ4n) is 1.38. The number of halogens is 1. The van der Waals surface area contributed by atoms with Gasteiger partial charge in [0.15, 0.2) is 0 Å². The summed E-state index contributed by atoms with van der Waals surface area (Å²) in [5, 5.41) is 3.39. The number of ether oxygens (including phenoxy) is 1. The molecule has 0 radical (unpaired) electrons. The maximum Gasteiger partial charge on any atom is 0.119 e. The third kappa shape index (κ3) is 3.87. The van der Waals surface area contributed by atoms with Crippen molar-refractivity contribution in [3.05, 3.63) is 40.9 Å². The van der Waals surface area contributed by atoms with E-state index in [1.807, 2.05) is 25.1 Å². The third-order valence-corrected chi connectivity index (χ3v) is 2.84. The van der Waals surface area contributed by atoms with Gasteiger partial charge in [0.2, 0.25) is 0 Å². The minimum absolute atomic E-state index is 0.279. The molecule has 3 heteroatoms. The van der Waals surface area contributed by atoms with Gasteiger partial charge in [0.25, 0.3) is 0 Å². The number of rotatable bonds is 5. The van der Waals surface area contributed by atoms with Crippen LogP contribution in [0, 0.1) is 0 Å². The molecule has 0 amide bonds. The lowest BCUT2D eigenvalue weighted by Gasteiger charge is -2.15. The molecule has 0 fully saturated rings.